The van der Waals surface area contributed by atoms with Gasteiger partial charge in [0.2, 0.25) is 5.91 Å². The van der Waals surface area contributed by atoms with Crippen LogP contribution in [0.15, 0.2) is 78.9 Å². The van der Waals surface area contributed by atoms with Crippen molar-refractivity contribution in [3.63, 3.8) is 0 Å². The van der Waals surface area contributed by atoms with Gasteiger partial charge >= 0.3 is 0 Å². The van der Waals surface area contributed by atoms with Crippen LogP contribution in [0.2, 0.25) is 0 Å². The highest BCUT2D eigenvalue weighted by Gasteiger charge is 2.32. The molecule has 0 saturated carbocycles. The zero-order valence-corrected chi connectivity index (χ0v) is 19.2. The maximum absolute atomic E-state index is 13.4. The molecule has 1 atom stereocenters. The molecule has 2 amide bonds. The van der Waals surface area contributed by atoms with Crippen molar-refractivity contribution < 1.29 is 14.3 Å². The van der Waals surface area contributed by atoms with Gasteiger partial charge in [-0.2, -0.15) is 0 Å². The Morgan fingerprint density at radius 1 is 1.00 bits per heavy atom. The Morgan fingerprint density at radius 2 is 1.61 bits per heavy atom. The number of hydrogen-bond donors (Lipinski definition) is 1. The van der Waals surface area contributed by atoms with Crippen molar-refractivity contribution in [2.45, 2.75) is 18.9 Å². The summed E-state index contributed by atoms with van der Waals surface area (Å²) < 4.78 is 5.88. The Hall–Kier alpha value is -3.64. The van der Waals surface area contributed by atoms with Gasteiger partial charge in [0.15, 0.2) is 6.10 Å². The number of benzene rings is 3. The van der Waals surface area contributed by atoms with Gasteiger partial charge in [-0.3, -0.25) is 9.59 Å². The molecule has 1 aliphatic heterocycles. The predicted molar refractivity (Wildman–Crippen MR) is 131 cm³/mol. The van der Waals surface area contributed by atoms with E-state index in [0.29, 0.717) is 18.0 Å². The van der Waals surface area contributed by atoms with E-state index in [1.807, 2.05) is 91.8 Å². The van der Waals surface area contributed by atoms with Gasteiger partial charge in [0.05, 0.1) is 11.6 Å². The van der Waals surface area contributed by atoms with Crippen molar-refractivity contribution in [3.8, 4) is 5.75 Å². The lowest BCUT2D eigenvalue weighted by Gasteiger charge is -2.34. The van der Waals surface area contributed by atoms with Crippen LogP contribution in [0.1, 0.15) is 24.0 Å². The number of rotatable bonds is 7. The summed E-state index contributed by atoms with van der Waals surface area (Å²) in [5, 5.41) is 3.05. The Morgan fingerprint density at radius 3 is 2.18 bits per heavy atom. The molecule has 6 heteroatoms. The maximum atomic E-state index is 13.4. The van der Waals surface area contributed by atoms with E-state index in [1.54, 1.807) is 17.9 Å². The van der Waals surface area contributed by atoms with E-state index in [-0.39, 0.29) is 11.8 Å². The van der Waals surface area contributed by atoms with Crippen LogP contribution >= 0.6 is 0 Å². The molecule has 1 heterocycles. The summed E-state index contributed by atoms with van der Waals surface area (Å²) in [6.07, 6.45) is -0.577. The van der Waals surface area contributed by atoms with Crippen molar-refractivity contribution >= 4 is 23.2 Å². The van der Waals surface area contributed by atoms with Crippen LogP contribution < -0.4 is 15.0 Å². The molecule has 33 heavy (non-hydrogen) atoms. The molecule has 0 aromatic heterocycles. The van der Waals surface area contributed by atoms with E-state index >= 15 is 0 Å². The monoisotopic (exact) mass is 443 g/mol. The van der Waals surface area contributed by atoms with Crippen molar-refractivity contribution in [2.24, 2.45) is 0 Å². The fourth-order valence-electron chi connectivity index (χ4n) is 4.02. The Kier molecular flexibility index (Phi) is 6.75. The third-order valence-electron chi connectivity index (χ3n) is 5.73. The van der Waals surface area contributed by atoms with Crippen molar-refractivity contribution in [2.75, 3.05) is 37.4 Å². The fraction of sp³-hybridized carbons (Fsp3) is 0.259. The van der Waals surface area contributed by atoms with Crippen LogP contribution in [0.25, 0.3) is 0 Å². The molecule has 0 aliphatic carbocycles. The van der Waals surface area contributed by atoms with Gasteiger partial charge in [-0.15, -0.1) is 0 Å². The first-order chi connectivity index (χ1) is 15.9. The van der Waals surface area contributed by atoms with Crippen molar-refractivity contribution in [1.29, 1.82) is 0 Å². The van der Waals surface area contributed by atoms with Gasteiger partial charge in [0, 0.05) is 24.8 Å². The number of fused-ring (bicyclic) bond motifs is 1. The van der Waals surface area contributed by atoms with Gasteiger partial charge in [-0.1, -0.05) is 60.7 Å². The predicted octanol–water partition coefficient (Wildman–Crippen LogP) is 4.13. The lowest BCUT2D eigenvalue weighted by Crippen LogP contribution is -2.46. The summed E-state index contributed by atoms with van der Waals surface area (Å²) in [7, 11) is 3.95. The van der Waals surface area contributed by atoms with Gasteiger partial charge in [-0.05, 0) is 44.3 Å². The SMILES string of the molecule is CC1Oc2cc(NC(=O)C(c3ccccc3)c3ccccc3)ccc2N(CCN(C)C)C1=O. The molecule has 3 aromatic rings. The fourth-order valence-corrected chi connectivity index (χ4v) is 4.02. The van der Waals surface area contributed by atoms with Crippen molar-refractivity contribution in [3.05, 3.63) is 90.0 Å². The molecule has 1 unspecified atom stereocenters. The molecule has 1 aliphatic rings. The Labute approximate surface area is 194 Å². The number of nitrogens with one attached hydrogen (secondary N) is 1. The van der Waals surface area contributed by atoms with Gasteiger partial charge in [0.1, 0.15) is 5.75 Å². The molecule has 6 nitrogen and oxygen atoms in total. The summed E-state index contributed by atoms with van der Waals surface area (Å²) in [4.78, 5) is 29.9. The second kappa shape index (κ2) is 9.88. The van der Waals surface area contributed by atoms with Crippen LogP contribution in [0, 0.1) is 0 Å². The first-order valence-electron chi connectivity index (χ1n) is 11.1. The van der Waals surface area contributed by atoms with Gasteiger partial charge < -0.3 is 19.9 Å². The molecular weight excluding hydrogens is 414 g/mol. The second-order valence-corrected chi connectivity index (χ2v) is 8.48. The second-order valence-electron chi connectivity index (χ2n) is 8.48. The Bertz CT molecular complexity index is 1080. The molecule has 0 saturated heterocycles. The molecule has 170 valence electrons. The number of likely N-dealkylation sites (N-methyl/N-ethyl adjacent to an activating group) is 1. The van der Waals surface area contributed by atoms with E-state index in [2.05, 4.69) is 5.32 Å². The van der Waals surface area contributed by atoms with Gasteiger partial charge in [-0.25, -0.2) is 0 Å². The van der Waals surface area contributed by atoms with Gasteiger partial charge in [0.25, 0.3) is 5.91 Å². The largest absolute Gasteiger partial charge is 0.479 e. The number of hydrogen-bond acceptors (Lipinski definition) is 4. The molecule has 4 rings (SSSR count). The van der Waals surface area contributed by atoms with E-state index in [4.69, 9.17) is 4.74 Å². The molecule has 0 spiro atoms. The highest BCUT2D eigenvalue weighted by atomic mass is 16.5. The minimum Gasteiger partial charge on any atom is -0.479 e. The first-order valence-corrected chi connectivity index (χ1v) is 11.1. The highest BCUT2D eigenvalue weighted by Crippen LogP contribution is 2.37. The molecule has 0 bridgehead atoms. The average molecular weight is 444 g/mol. The van der Waals surface area contributed by atoms with Crippen LogP contribution in [-0.4, -0.2) is 50.0 Å². The van der Waals surface area contributed by atoms with Crippen LogP contribution in [0.4, 0.5) is 11.4 Å². The van der Waals surface area contributed by atoms with E-state index < -0.39 is 12.0 Å². The molecule has 3 aromatic carbocycles. The number of carbonyl (C=O) groups is 2. The zero-order chi connectivity index (χ0) is 23.4. The highest BCUT2D eigenvalue weighted by molar-refractivity contribution is 6.02. The molecular formula is C27H29N3O3. The Balaban J connectivity index is 1.60. The minimum atomic E-state index is -0.577. The number of amides is 2. The maximum Gasteiger partial charge on any atom is 0.267 e. The number of carbonyl (C=O) groups excluding carboxylic acids is 2. The topological polar surface area (TPSA) is 61.9 Å². The molecule has 1 N–H and O–H groups in total. The number of nitrogens with zero attached hydrogens (tertiary/aromatic N) is 2. The van der Waals surface area contributed by atoms with Crippen LogP contribution in [0.3, 0.4) is 0 Å². The van der Waals surface area contributed by atoms with Crippen LogP contribution in [0.5, 0.6) is 5.75 Å². The quantitative estimate of drug-likeness (QED) is 0.596. The van der Waals surface area contributed by atoms with Crippen LogP contribution in [-0.2, 0) is 9.59 Å². The number of ether oxygens (including phenoxy) is 1. The van der Waals surface area contributed by atoms with E-state index in [0.717, 1.165) is 23.4 Å². The zero-order valence-electron chi connectivity index (χ0n) is 19.2. The normalized spacial score (nSPS) is 15.4. The smallest absolute Gasteiger partial charge is 0.267 e. The lowest BCUT2D eigenvalue weighted by molar-refractivity contribution is -0.125. The summed E-state index contributed by atoms with van der Waals surface area (Å²) in [5.74, 6) is -0.0397. The first kappa shape index (κ1) is 22.6. The molecule has 0 radical (unpaired) electrons. The minimum absolute atomic E-state index is 0.0608. The third kappa shape index (κ3) is 5.07. The average Bonchev–Trinajstić information content (AvgIpc) is 2.81. The third-order valence-corrected chi connectivity index (χ3v) is 5.73. The van der Waals surface area contributed by atoms with E-state index in [9.17, 15) is 9.59 Å². The molecule has 0 fully saturated rings. The lowest BCUT2D eigenvalue weighted by atomic mass is 9.90. The summed E-state index contributed by atoms with van der Waals surface area (Å²) in [6, 6.07) is 24.9. The van der Waals surface area contributed by atoms with Crippen molar-refractivity contribution in [1.82, 2.24) is 4.90 Å². The van der Waals surface area contributed by atoms with E-state index in [1.165, 1.54) is 0 Å². The standard InChI is InChI=1S/C27H29N3O3/c1-19-27(32)30(17-16-29(2)3)23-15-14-22(18-24(23)33-19)28-26(31)25(20-10-6-4-7-11-20)21-12-8-5-9-13-21/h4-15,18-19,25H,16-17H2,1-3H3,(H,28,31). The summed E-state index contributed by atoms with van der Waals surface area (Å²) in [5.41, 5.74) is 3.19. The summed E-state index contributed by atoms with van der Waals surface area (Å²) in [6.45, 7) is 3.06. The summed E-state index contributed by atoms with van der Waals surface area (Å²) >= 11 is 0. The number of anilines is 2.